The fourth-order valence-corrected chi connectivity index (χ4v) is 13.9. The smallest absolute Gasteiger partial charge is 0.0601 e. The lowest BCUT2D eigenvalue weighted by Gasteiger charge is -2.34. The zero-order valence-electron chi connectivity index (χ0n) is 40.1. The van der Waals surface area contributed by atoms with Crippen molar-refractivity contribution in [3.05, 3.63) is 267 Å². The summed E-state index contributed by atoms with van der Waals surface area (Å²) in [5, 5.41) is 9.68. The Hall–Kier alpha value is -8.80. The SMILES string of the molecule is c1ccc2c(c1)Sc1ccccc1N2c1ccc2c(-c3ccccc3-c3cccc4ccccc34)c3cc(N4c5ccccc5Sc5ccccc54)ccc3c(-c3ccccc3-c3cccc4ccccc34)c2c1. The Morgan fingerprint density at radius 2 is 0.527 bits per heavy atom. The van der Waals surface area contributed by atoms with Crippen LogP contribution < -0.4 is 9.80 Å². The summed E-state index contributed by atoms with van der Waals surface area (Å²) in [6.45, 7) is 0. The summed E-state index contributed by atoms with van der Waals surface area (Å²) in [6.07, 6.45) is 0. The van der Waals surface area contributed by atoms with Gasteiger partial charge in [-0.3, -0.25) is 0 Å². The molecule has 0 bridgehead atoms. The summed E-state index contributed by atoms with van der Waals surface area (Å²) in [4.78, 5) is 9.90. The molecule has 2 aliphatic heterocycles. The van der Waals surface area contributed by atoms with Crippen LogP contribution >= 0.6 is 23.5 Å². The summed E-state index contributed by atoms with van der Waals surface area (Å²) in [5.41, 5.74) is 16.6. The molecular formula is C70H44N2S2. The van der Waals surface area contributed by atoms with E-state index in [1.165, 1.54) is 130 Å². The van der Waals surface area contributed by atoms with E-state index in [0.717, 1.165) is 11.4 Å². The fourth-order valence-electron chi connectivity index (χ4n) is 11.8. The molecule has 2 aliphatic rings. The summed E-state index contributed by atoms with van der Waals surface area (Å²) >= 11 is 3.69. The molecule has 0 fully saturated rings. The van der Waals surface area contributed by atoms with Gasteiger partial charge in [0.1, 0.15) is 0 Å². The Morgan fingerprint density at radius 3 is 0.932 bits per heavy atom. The number of hydrogen-bond acceptors (Lipinski definition) is 4. The number of fused-ring (bicyclic) bond motifs is 8. The van der Waals surface area contributed by atoms with E-state index in [4.69, 9.17) is 0 Å². The van der Waals surface area contributed by atoms with Gasteiger partial charge in [-0.05, 0) is 160 Å². The third-order valence-corrected chi connectivity index (χ3v) is 17.3. The van der Waals surface area contributed by atoms with Crippen molar-refractivity contribution in [2.24, 2.45) is 0 Å². The van der Waals surface area contributed by atoms with Gasteiger partial charge in [0.2, 0.25) is 0 Å². The molecule has 2 nitrogen and oxygen atoms in total. The number of hydrogen-bond donors (Lipinski definition) is 0. The fraction of sp³-hybridized carbons (Fsp3) is 0. The highest BCUT2D eigenvalue weighted by molar-refractivity contribution is 8.00. The molecule has 0 N–H and O–H groups in total. The highest BCUT2D eigenvalue weighted by Gasteiger charge is 2.29. The first-order valence-electron chi connectivity index (χ1n) is 25.2. The van der Waals surface area contributed by atoms with Crippen LogP contribution in [0.1, 0.15) is 0 Å². The zero-order valence-corrected chi connectivity index (χ0v) is 41.7. The van der Waals surface area contributed by atoms with Crippen LogP contribution in [0.15, 0.2) is 287 Å². The van der Waals surface area contributed by atoms with Gasteiger partial charge in [-0.2, -0.15) is 0 Å². The molecular weight excluding hydrogens is 933 g/mol. The van der Waals surface area contributed by atoms with Crippen molar-refractivity contribution in [3.63, 3.8) is 0 Å². The van der Waals surface area contributed by atoms with E-state index < -0.39 is 0 Å². The van der Waals surface area contributed by atoms with Crippen molar-refractivity contribution in [3.8, 4) is 44.5 Å². The minimum absolute atomic E-state index is 1.12. The highest BCUT2D eigenvalue weighted by atomic mass is 32.2. The lowest BCUT2D eigenvalue weighted by molar-refractivity contribution is 1.17. The Morgan fingerprint density at radius 1 is 0.216 bits per heavy atom. The maximum absolute atomic E-state index is 2.49. The number of nitrogens with zero attached hydrogens (tertiary/aromatic N) is 2. The lowest BCUT2D eigenvalue weighted by atomic mass is 9.81. The normalized spacial score (nSPS) is 12.7. The van der Waals surface area contributed by atoms with Gasteiger partial charge in [0.25, 0.3) is 0 Å². The number of anilines is 6. The van der Waals surface area contributed by atoms with Crippen molar-refractivity contribution in [1.29, 1.82) is 0 Å². The monoisotopic (exact) mass is 976 g/mol. The molecule has 15 rings (SSSR count). The zero-order chi connectivity index (χ0) is 48.7. The molecule has 13 aromatic rings. The molecule has 2 heterocycles. The molecule has 0 amide bonds. The van der Waals surface area contributed by atoms with Crippen LogP contribution in [0.4, 0.5) is 34.1 Å². The van der Waals surface area contributed by atoms with E-state index in [9.17, 15) is 0 Å². The van der Waals surface area contributed by atoms with Gasteiger partial charge < -0.3 is 9.80 Å². The molecule has 0 aliphatic carbocycles. The van der Waals surface area contributed by atoms with E-state index in [1.54, 1.807) is 0 Å². The van der Waals surface area contributed by atoms with Gasteiger partial charge in [0.05, 0.1) is 22.7 Å². The van der Waals surface area contributed by atoms with Crippen LogP contribution in [-0.4, -0.2) is 0 Å². The molecule has 0 atom stereocenters. The maximum Gasteiger partial charge on any atom is 0.0601 e. The van der Waals surface area contributed by atoms with Gasteiger partial charge in [0.15, 0.2) is 0 Å². The second-order valence-corrected chi connectivity index (χ2v) is 21.3. The third kappa shape index (κ3) is 6.83. The Bertz CT molecular complexity index is 4040. The first kappa shape index (κ1) is 42.8. The van der Waals surface area contributed by atoms with Crippen molar-refractivity contribution in [1.82, 2.24) is 0 Å². The second kappa shape index (κ2) is 17.5. The second-order valence-electron chi connectivity index (χ2n) is 19.1. The maximum atomic E-state index is 2.49. The molecule has 0 saturated carbocycles. The van der Waals surface area contributed by atoms with Gasteiger partial charge in [-0.25, -0.2) is 0 Å². The van der Waals surface area contributed by atoms with Crippen LogP contribution in [0.25, 0.3) is 87.6 Å². The molecule has 0 spiro atoms. The largest absolute Gasteiger partial charge is 0.308 e. The predicted octanol–water partition coefficient (Wildman–Crippen LogP) is 20.8. The minimum Gasteiger partial charge on any atom is -0.308 e. The van der Waals surface area contributed by atoms with E-state index >= 15 is 0 Å². The Labute approximate surface area is 438 Å². The average Bonchev–Trinajstić information content (AvgIpc) is 3.48. The van der Waals surface area contributed by atoms with Crippen LogP contribution in [-0.2, 0) is 0 Å². The van der Waals surface area contributed by atoms with Gasteiger partial charge in [-0.15, -0.1) is 0 Å². The van der Waals surface area contributed by atoms with Crippen molar-refractivity contribution in [2.45, 2.75) is 19.6 Å². The van der Waals surface area contributed by atoms with Crippen LogP contribution in [0.5, 0.6) is 0 Å². The molecule has 346 valence electrons. The molecule has 4 heteroatoms. The molecule has 0 saturated heterocycles. The molecule has 0 aromatic heterocycles. The standard InChI is InChI=1S/C70H44N2S2/c1-3-23-49-45(19-1)21-17-29-51(49)53-25-5-7-27-55(53)69-57-41-39-48(72-63-33-11-15-37-67(63)74-68-38-16-12-34-64(68)72)44-60(57)70(56-28-8-6-26-54(56)52-30-18-22-46-20-2-4-24-50(46)52)58-42-40-47(43-59(58)69)71-61-31-9-13-35-65(61)73-66-36-14-10-32-62(66)71/h1-44H. The topological polar surface area (TPSA) is 6.48 Å². The lowest BCUT2D eigenvalue weighted by Crippen LogP contribution is -2.15. The number of benzene rings is 13. The van der Waals surface area contributed by atoms with E-state index in [-0.39, 0.29) is 0 Å². The van der Waals surface area contributed by atoms with Gasteiger partial charge in [-0.1, -0.05) is 218 Å². The molecule has 0 radical (unpaired) electrons. The number of rotatable bonds is 6. The van der Waals surface area contributed by atoms with Gasteiger partial charge >= 0.3 is 0 Å². The van der Waals surface area contributed by atoms with Gasteiger partial charge in [0, 0.05) is 31.0 Å². The summed E-state index contributed by atoms with van der Waals surface area (Å²) in [6, 6.07) is 99.1. The third-order valence-electron chi connectivity index (χ3n) is 15.0. The van der Waals surface area contributed by atoms with E-state index in [1.807, 2.05) is 23.5 Å². The van der Waals surface area contributed by atoms with E-state index in [0.29, 0.717) is 0 Å². The van der Waals surface area contributed by atoms with Crippen molar-refractivity contribution in [2.75, 3.05) is 9.80 Å². The summed E-state index contributed by atoms with van der Waals surface area (Å²) in [7, 11) is 0. The molecule has 0 unspecified atom stereocenters. The first-order valence-corrected chi connectivity index (χ1v) is 26.9. The predicted molar refractivity (Wildman–Crippen MR) is 316 cm³/mol. The first-order chi connectivity index (χ1) is 36.7. The minimum atomic E-state index is 1.12. The average molecular weight is 977 g/mol. The highest BCUT2D eigenvalue weighted by Crippen LogP contribution is 2.56. The van der Waals surface area contributed by atoms with Crippen LogP contribution in [0.2, 0.25) is 0 Å². The molecule has 74 heavy (non-hydrogen) atoms. The summed E-state index contributed by atoms with van der Waals surface area (Å²) < 4.78 is 0. The Kier molecular flexibility index (Phi) is 10.1. The van der Waals surface area contributed by atoms with Crippen molar-refractivity contribution < 1.29 is 0 Å². The Balaban J connectivity index is 1.10. The molecule has 13 aromatic carbocycles. The van der Waals surface area contributed by atoms with Crippen LogP contribution in [0, 0.1) is 0 Å². The van der Waals surface area contributed by atoms with Crippen molar-refractivity contribution >= 4 is 101 Å². The summed E-state index contributed by atoms with van der Waals surface area (Å²) in [5.74, 6) is 0. The number of para-hydroxylation sites is 4. The van der Waals surface area contributed by atoms with Crippen LogP contribution in [0.3, 0.4) is 0 Å². The quantitative estimate of drug-likeness (QED) is 0.153. The van der Waals surface area contributed by atoms with E-state index in [2.05, 4.69) is 277 Å².